The van der Waals surface area contributed by atoms with Crippen molar-refractivity contribution in [2.45, 2.75) is 13.3 Å². The summed E-state index contributed by atoms with van der Waals surface area (Å²) in [4.78, 5) is 11.7. The van der Waals surface area contributed by atoms with Gasteiger partial charge in [-0.2, -0.15) is 0 Å². The Labute approximate surface area is 112 Å². The first-order valence-corrected chi connectivity index (χ1v) is 6.01. The summed E-state index contributed by atoms with van der Waals surface area (Å²) >= 11 is 0. The fraction of sp³-hybridized carbons (Fsp3) is 0.357. The molecular weight excluding hydrogens is 248 g/mol. The Morgan fingerprint density at radius 2 is 1.95 bits per heavy atom. The minimum absolute atomic E-state index is 0.00431. The number of carbonyl (C=O) groups excluding carboxylic acids is 1. The van der Waals surface area contributed by atoms with E-state index in [4.69, 9.17) is 14.6 Å². The number of hydrogen-bond acceptors (Lipinski definition) is 5. The normalized spacial score (nSPS) is 11.5. The molecule has 1 aromatic carbocycles. The molecule has 0 radical (unpaired) electrons. The lowest BCUT2D eigenvalue weighted by molar-refractivity contribution is -0.139. The molecule has 0 bridgehead atoms. The van der Waals surface area contributed by atoms with Crippen LogP contribution in [-0.2, 0) is 14.3 Å². The summed E-state index contributed by atoms with van der Waals surface area (Å²) in [6, 6.07) is 8.89. The Bertz CT molecular complexity index is 425. The van der Waals surface area contributed by atoms with Gasteiger partial charge in [0.2, 0.25) is 5.76 Å². The number of para-hydroxylation sites is 1. The molecule has 5 nitrogen and oxygen atoms in total. The van der Waals surface area contributed by atoms with Crippen molar-refractivity contribution in [2.24, 2.45) is 0 Å². The molecule has 0 saturated carbocycles. The Morgan fingerprint density at radius 3 is 2.47 bits per heavy atom. The van der Waals surface area contributed by atoms with Gasteiger partial charge < -0.3 is 19.3 Å². The van der Waals surface area contributed by atoms with Crippen molar-refractivity contribution in [1.29, 1.82) is 0 Å². The van der Waals surface area contributed by atoms with Gasteiger partial charge in [0.15, 0.2) is 0 Å². The van der Waals surface area contributed by atoms with E-state index in [0.29, 0.717) is 17.9 Å². The molecule has 104 valence electrons. The van der Waals surface area contributed by atoms with Gasteiger partial charge in [0.05, 0.1) is 13.7 Å². The van der Waals surface area contributed by atoms with Crippen molar-refractivity contribution in [3.8, 4) is 5.75 Å². The summed E-state index contributed by atoms with van der Waals surface area (Å²) in [5.41, 5.74) is 0. The topological polar surface area (TPSA) is 65.0 Å². The van der Waals surface area contributed by atoms with Crippen LogP contribution in [0.15, 0.2) is 41.9 Å². The molecule has 0 aliphatic rings. The Kier molecular flexibility index (Phi) is 6.46. The highest BCUT2D eigenvalue weighted by atomic mass is 16.6. The monoisotopic (exact) mass is 266 g/mol. The zero-order valence-electron chi connectivity index (χ0n) is 11.1. The number of carbonyl (C=O) groups is 1. The number of benzene rings is 1. The number of allylic oxidation sites excluding steroid dienone is 1. The third kappa shape index (κ3) is 4.63. The second-order valence-corrected chi connectivity index (χ2v) is 3.58. The minimum Gasteiger partial charge on any atom is -0.491 e. The predicted octanol–water partition coefficient (Wildman–Crippen LogP) is 1.87. The Hall–Kier alpha value is -2.01. The summed E-state index contributed by atoms with van der Waals surface area (Å²) in [5, 5.41) is 8.77. The van der Waals surface area contributed by atoms with Crippen LogP contribution in [0.4, 0.5) is 0 Å². The van der Waals surface area contributed by atoms with Crippen LogP contribution in [-0.4, -0.2) is 31.4 Å². The average Bonchev–Trinajstić information content (AvgIpc) is 2.47. The van der Waals surface area contributed by atoms with Crippen molar-refractivity contribution in [3.05, 3.63) is 41.9 Å². The first kappa shape index (κ1) is 15.0. The highest BCUT2D eigenvalue weighted by molar-refractivity contribution is 5.87. The SMILES string of the molecule is CCC(OCCO)=C(Oc1ccccc1)C(=O)OC. The van der Waals surface area contributed by atoms with Crippen molar-refractivity contribution in [2.75, 3.05) is 20.3 Å². The number of rotatable bonds is 7. The summed E-state index contributed by atoms with van der Waals surface area (Å²) in [6.07, 6.45) is 0.456. The van der Waals surface area contributed by atoms with Crippen LogP contribution >= 0.6 is 0 Å². The Balaban J connectivity index is 2.98. The number of ether oxygens (including phenoxy) is 3. The second kappa shape index (κ2) is 8.16. The molecule has 1 N–H and O–H groups in total. The molecule has 0 aliphatic carbocycles. The van der Waals surface area contributed by atoms with Crippen molar-refractivity contribution < 1.29 is 24.1 Å². The van der Waals surface area contributed by atoms with Gasteiger partial charge in [-0.05, 0) is 12.1 Å². The fourth-order valence-electron chi connectivity index (χ4n) is 1.41. The minimum atomic E-state index is -0.612. The van der Waals surface area contributed by atoms with Crippen LogP contribution in [0.2, 0.25) is 0 Å². The van der Waals surface area contributed by atoms with Gasteiger partial charge >= 0.3 is 5.97 Å². The molecule has 0 fully saturated rings. The smallest absolute Gasteiger partial charge is 0.377 e. The number of hydrogen-bond donors (Lipinski definition) is 1. The van der Waals surface area contributed by atoms with Crippen molar-refractivity contribution in [1.82, 2.24) is 0 Å². The van der Waals surface area contributed by atoms with E-state index in [-0.39, 0.29) is 19.0 Å². The van der Waals surface area contributed by atoms with Crippen molar-refractivity contribution in [3.63, 3.8) is 0 Å². The first-order valence-electron chi connectivity index (χ1n) is 6.01. The summed E-state index contributed by atoms with van der Waals surface area (Å²) in [6.45, 7) is 1.79. The van der Waals surface area contributed by atoms with E-state index in [1.54, 1.807) is 24.3 Å². The van der Waals surface area contributed by atoms with Crippen LogP contribution in [0, 0.1) is 0 Å². The van der Waals surface area contributed by atoms with E-state index in [1.165, 1.54) is 7.11 Å². The number of methoxy groups -OCH3 is 1. The molecule has 0 saturated heterocycles. The van der Waals surface area contributed by atoms with E-state index < -0.39 is 5.97 Å². The van der Waals surface area contributed by atoms with Gasteiger partial charge in [-0.1, -0.05) is 25.1 Å². The van der Waals surface area contributed by atoms with Gasteiger partial charge in [-0.15, -0.1) is 0 Å². The van der Waals surface area contributed by atoms with Crippen LogP contribution in [0.3, 0.4) is 0 Å². The summed E-state index contributed by atoms with van der Waals surface area (Å²) in [7, 11) is 1.27. The largest absolute Gasteiger partial charge is 0.491 e. The van der Waals surface area contributed by atoms with E-state index >= 15 is 0 Å². The molecule has 0 amide bonds. The van der Waals surface area contributed by atoms with E-state index in [1.807, 2.05) is 13.0 Å². The van der Waals surface area contributed by atoms with Gasteiger partial charge in [0, 0.05) is 6.42 Å². The molecule has 0 heterocycles. The molecular formula is C14H18O5. The number of aliphatic hydroxyl groups is 1. The standard InChI is InChI=1S/C14H18O5/c1-3-12(18-10-9-15)13(14(16)17-2)19-11-7-5-4-6-8-11/h4-8,15H,3,9-10H2,1-2H3. The molecule has 1 rings (SSSR count). The van der Waals surface area contributed by atoms with E-state index in [9.17, 15) is 4.79 Å². The molecule has 19 heavy (non-hydrogen) atoms. The lowest BCUT2D eigenvalue weighted by atomic mass is 10.3. The highest BCUT2D eigenvalue weighted by Gasteiger charge is 2.19. The lowest BCUT2D eigenvalue weighted by Crippen LogP contribution is -2.16. The fourth-order valence-corrected chi connectivity index (χ4v) is 1.41. The van der Waals surface area contributed by atoms with E-state index in [0.717, 1.165) is 0 Å². The van der Waals surface area contributed by atoms with Gasteiger partial charge in [0.25, 0.3) is 0 Å². The zero-order chi connectivity index (χ0) is 14.1. The molecule has 5 heteroatoms. The average molecular weight is 266 g/mol. The zero-order valence-corrected chi connectivity index (χ0v) is 11.1. The van der Waals surface area contributed by atoms with E-state index in [2.05, 4.69) is 4.74 Å². The molecule has 0 aliphatic heterocycles. The quantitative estimate of drug-likeness (QED) is 0.463. The van der Waals surface area contributed by atoms with Gasteiger partial charge in [0.1, 0.15) is 18.1 Å². The highest BCUT2D eigenvalue weighted by Crippen LogP contribution is 2.18. The van der Waals surface area contributed by atoms with Crippen LogP contribution in [0.1, 0.15) is 13.3 Å². The third-order valence-electron chi connectivity index (χ3n) is 2.28. The van der Waals surface area contributed by atoms with Crippen LogP contribution in [0.5, 0.6) is 5.75 Å². The first-order chi connectivity index (χ1) is 9.22. The molecule has 1 aromatic rings. The number of esters is 1. The predicted molar refractivity (Wildman–Crippen MR) is 69.4 cm³/mol. The van der Waals surface area contributed by atoms with Crippen molar-refractivity contribution >= 4 is 5.97 Å². The maximum absolute atomic E-state index is 11.7. The summed E-state index contributed by atoms with van der Waals surface area (Å²) < 4.78 is 15.5. The van der Waals surface area contributed by atoms with Crippen LogP contribution in [0.25, 0.3) is 0 Å². The number of aliphatic hydroxyl groups excluding tert-OH is 1. The Morgan fingerprint density at radius 1 is 1.26 bits per heavy atom. The maximum atomic E-state index is 11.7. The van der Waals surface area contributed by atoms with Gasteiger partial charge in [-0.3, -0.25) is 0 Å². The summed E-state index contributed by atoms with van der Waals surface area (Å²) in [5.74, 6) is 0.259. The third-order valence-corrected chi connectivity index (χ3v) is 2.28. The van der Waals surface area contributed by atoms with Gasteiger partial charge in [-0.25, -0.2) is 4.79 Å². The molecule has 0 spiro atoms. The molecule has 0 aromatic heterocycles. The molecule has 0 atom stereocenters. The maximum Gasteiger partial charge on any atom is 0.377 e. The second-order valence-electron chi connectivity index (χ2n) is 3.58. The van der Waals surface area contributed by atoms with Crippen LogP contribution < -0.4 is 4.74 Å². The lowest BCUT2D eigenvalue weighted by Gasteiger charge is -2.14. The molecule has 0 unspecified atom stereocenters.